The second kappa shape index (κ2) is 11.8. The second-order valence-electron chi connectivity index (χ2n) is 7.26. The van der Waals surface area contributed by atoms with Gasteiger partial charge in [0.25, 0.3) is 0 Å². The molecule has 2 nitrogen and oxygen atoms in total. The Morgan fingerprint density at radius 2 is 1.16 bits per heavy atom. The molecule has 2 aromatic carbocycles. The fourth-order valence-corrected chi connectivity index (χ4v) is 2.64. The Kier molecular flexibility index (Phi) is 10.7. The van der Waals surface area contributed by atoms with E-state index in [-0.39, 0.29) is 29.1 Å². The van der Waals surface area contributed by atoms with Crippen LogP contribution in [0, 0.1) is 6.92 Å². The summed E-state index contributed by atoms with van der Waals surface area (Å²) in [5.74, 6) is -37.6. The second-order valence-corrected chi connectivity index (χ2v) is 9.84. The van der Waals surface area contributed by atoms with Crippen LogP contribution in [0.4, 0.5) is 62.8 Å². The van der Waals surface area contributed by atoms with Crippen LogP contribution in [0.15, 0.2) is 47.5 Å². The van der Waals surface area contributed by atoms with Gasteiger partial charge in [0.15, 0.2) is 0 Å². The number of rotatable bonds is 7. The van der Waals surface area contributed by atoms with Crippen molar-refractivity contribution in [1.82, 2.24) is 0 Å². The molecule has 0 aromatic heterocycles. The van der Waals surface area contributed by atoms with Gasteiger partial charge in [-0.25, -0.2) is 0 Å². The number of phenolic OH excluding ortho intramolecular Hbond substituents is 1. The molecule has 0 saturated carbocycles. The van der Waals surface area contributed by atoms with E-state index in [1.807, 2.05) is 0 Å². The summed E-state index contributed by atoms with van der Waals surface area (Å²) in [6, 6.07) is 5.44. The average Bonchev–Trinajstić information content (AvgIpc) is 2.79. The molecular formula is C20H12Cl2F13NOTi. The molecule has 18 heteroatoms. The van der Waals surface area contributed by atoms with Crippen LogP contribution in [0.1, 0.15) is 16.7 Å². The van der Waals surface area contributed by atoms with Crippen LogP contribution < -0.4 is 0 Å². The van der Waals surface area contributed by atoms with E-state index in [1.165, 1.54) is 25.1 Å². The topological polar surface area (TPSA) is 32.6 Å². The van der Waals surface area contributed by atoms with E-state index in [4.69, 9.17) is 18.6 Å². The van der Waals surface area contributed by atoms with Crippen LogP contribution in [-0.4, -0.2) is 41.2 Å². The van der Waals surface area contributed by atoms with Crippen LogP contribution in [0.25, 0.3) is 0 Å². The number of phenols is 1. The minimum absolute atomic E-state index is 0.00675. The SMILES string of the molecule is Cc1cccc(C=Nc2ccc(C(F)(F)C(F)(F)C(F)(F)C(F)(F)C(F)(F)C(F)(F)F)cc2)c1O.[Cl][Ti][Cl]. The van der Waals surface area contributed by atoms with Gasteiger partial charge >= 0.3 is 71.4 Å². The summed E-state index contributed by atoms with van der Waals surface area (Å²) in [4.78, 5) is 3.70. The Labute approximate surface area is 222 Å². The molecule has 0 aliphatic rings. The van der Waals surface area contributed by atoms with E-state index < -0.39 is 58.4 Å². The Morgan fingerprint density at radius 3 is 1.61 bits per heavy atom. The minimum atomic E-state index is -7.95. The number of aromatic hydroxyl groups is 1. The molecule has 2 rings (SSSR count). The molecule has 38 heavy (non-hydrogen) atoms. The normalized spacial score (nSPS) is 13.8. The molecular weight excluding hydrogens is 636 g/mol. The number of alkyl halides is 13. The third-order valence-electron chi connectivity index (χ3n) is 4.78. The first-order valence-electron chi connectivity index (χ1n) is 9.39. The number of benzene rings is 2. The van der Waals surface area contributed by atoms with Gasteiger partial charge in [0.1, 0.15) is 5.75 Å². The van der Waals surface area contributed by atoms with Crippen LogP contribution in [-0.2, 0) is 23.0 Å². The van der Waals surface area contributed by atoms with Gasteiger partial charge in [0.05, 0.1) is 5.69 Å². The number of hydrogen-bond acceptors (Lipinski definition) is 2. The molecule has 0 aliphatic carbocycles. The van der Waals surface area contributed by atoms with Crippen molar-refractivity contribution in [2.45, 2.75) is 42.7 Å². The molecule has 0 amide bonds. The van der Waals surface area contributed by atoms with Gasteiger partial charge in [-0.15, -0.1) is 0 Å². The maximum absolute atomic E-state index is 14.2. The summed E-state index contributed by atoms with van der Waals surface area (Å²) < 4.78 is 172. The number of hydrogen-bond donors (Lipinski definition) is 1. The first-order chi connectivity index (χ1) is 17.0. The van der Waals surface area contributed by atoms with Gasteiger partial charge in [-0.05, 0) is 30.7 Å². The maximum atomic E-state index is 14.2. The van der Waals surface area contributed by atoms with E-state index in [9.17, 15) is 62.2 Å². The summed E-state index contributed by atoms with van der Waals surface area (Å²) in [6.07, 6.45) is -6.46. The van der Waals surface area contributed by atoms with E-state index in [1.54, 1.807) is 0 Å². The number of nitrogens with zero attached hydrogens (tertiary/aromatic N) is 1. The van der Waals surface area contributed by atoms with E-state index in [0.29, 0.717) is 17.7 Å². The predicted octanol–water partition coefficient (Wildman–Crippen LogP) is 9.02. The van der Waals surface area contributed by atoms with Gasteiger partial charge in [-0.3, -0.25) is 4.99 Å². The molecule has 212 valence electrons. The van der Waals surface area contributed by atoms with Gasteiger partial charge in [0.2, 0.25) is 0 Å². The van der Waals surface area contributed by atoms with Crippen molar-refractivity contribution in [3.05, 3.63) is 59.2 Å². The molecule has 0 spiro atoms. The van der Waals surface area contributed by atoms with Gasteiger partial charge in [-0.1, -0.05) is 24.3 Å². The molecule has 0 fully saturated rings. The van der Waals surface area contributed by atoms with Gasteiger partial charge in [-0.2, -0.15) is 57.1 Å². The Balaban J connectivity index is 0.00000229. The van der Waals surface area contributed by atoms with Crippen LogP contribution >= 0.6 is 18.6 Å². The fourth-order valence-electron chi connectivity index (χ4n) is 2.64. The molecule has 0 bridgehead atoms. The summed E-state index contributed by atoms with van der Waals surface area (Å²) in [7, 11) is 9.78. The zero-order valence-electron chi connectivity index (χ0n) is 18.2. The number of para-hydroxylation sites is 1. The van der Waals surface area contributed by atoms with Crippen molar-refractivity contribution in [2.75, 3.05) is 0 Å². The van der Waals surface area contributed by atoms with Crippen LogP contribution in [0.5, 0.6) is 5.75 Å². The van der Waals surface area contributed by atoms with Gasteiger partial charge < -0.3 is 5.11 Å². The first kappa shape index (κ1) is 34.3. The summed E-state index contributed by atoms with van der Waals surface area (Å²) >= 11 is -0.556. The molecule has 2 aromatic rings. The predicted molar refractivity (Wildman–Crippen MR) is 108 cm³/mol. The summed E-state index contributed by atoms with van der Waals surface area (Å²) in [5, 5.41) is 9.84. The van der Waals surface area contributed by atoms with Crippen molar-refractivity contribution in [3.63, 3.8) is 0 Å². The van der Waals surface area contributed by atoms with Crippen molar-refractivity contribution in [2.24, 2.45) is 4.99 Å². The standard InChI is InChI=1S/C20H12F13NO.2ClH.Ti/c1-10-3-2-4-11(14(10)35)9-34-13-7-5-12(6-8-13)15(21,22)16(23,24)17(25,26)18(27,28)19(29,30)20(31,32)33;;;/h2-9,35H,1H3;2*1H;/q;;;+2/p-2. The van der Waals surface area contributed by atoms with Crippen molar-refractivity contribution < 1.29 is 79.2 Å². The zero-order valence-corrected chi connectivity index (χ0v) is 21.3. The monoisotopic (exact) mass is 647 g/mol. The molecule has 1 N–H and O–H groups in total. The number of aliphatic imine (C=N–C) groups is 1. The summed E-state index contributed by atoms with van der Waals surface area (Å²) in [6.45, 7) is 1.52. The fraction of sp³-hybridized carbons (Fsp3) is 0.350. The molecule has 0 unspecified atom stereocenters. The zero-order chi connectivity index (χ0) is 30.0. The van der Waals surface area contributed by atoms with E-state index in [0.717, 1.165) is 6.21 Å². The Morgan fingerprint density at radius 1 is 0.711 bits per heavy atom. The van der Waals surface area contributed by atoms with Crippen molar-refractivity contribution in [1.29, 1.82) is 0 Å². The van der Waals surface area contributed by atoms with Crippen molar-refractivity contribution in [3.8, 4) is 5.75 Å². The molecule has 0 atom stereocenters. The number of aryl methyl sites for hydroxylation is 1. The quantitative estimate of drug-likeness (QED) is 0.182. The molecule has 0 saturated heterocycles. The van der Waals surface area contributed by atoms with Crippen LogP contribution in [0.3, 0.4) is 0 Å². The third-order valence-corrected chi connectivity index (χ3v) is 4.78. The average molecular weight is 648 g/mol. The molecule has 0 heterocycles. The van der Waals surface area contributed by atoms with E-state index >= 15 is 0 Å². The summed E-state index contributed by atoms with van der Waals surface area (Å²) in [5.41, 5.74) is -1.86. The Bertz CT molecular complexity index is 1120. The van der Waals surface area contributed by atoms with E-state index in [2.05, 4.69) is 4.99 Å². The molecule has 0 aliphatic heterocycles. The third kappa shape index (κ3) is 6.20. The molecule has 0 radical (unpaired) electrons. The van der Waals surface area contributed by atoms with Crippen molar-refractivity contribution >= 4 is 30.5 Å². The number of halogens is 15. The van der Waals surface area contributed by atoms with Crippen LogP contribution in [0.2, 0.25) is 0 Å². The first-order valence-corrected chi connectivity index (χ1v) is 13.7. The van der Waals surface area contributed by atoms with Gasteiger partial charge in [0, 0.05) is 17.3 Å². The Hall–Kier alpha value is -1.71.